The molecule has 174 valence electrons. The van der Waals surface area contributed by atoms with Gasteiger partial charge in [0.25, 0.3) is 5.91 Å². The van der Waals surface area contributed by atoms with Crippen molar-refractivity contribution >= 4 is 29.1 Å². The number of unbranched alkanes of at least 4 members (excludes halogenated alkanes) is 3. The Morgan fingerprint density at radius 3 is 2.42 bits per heavy atom. The van der Waals surface area contributed by atoms with Gasteiger partial charge in [-0.1, -0.05) is 36.9 Å². The van der Waals surface area contributed by atoms with Crippen LogP contribution < -0.4 is 10.8 Å². The summed E-state index contributed by atoms with van der Waals surface area (Å²) in [5, 5.41) is 42.5. The highest BCUT2D eigenvalue weighted by Crippen LogP contribution is 2.39. The van der Waals surface area contributed by atoms with Crippen LogP contribution in [-0.2, 0) is 9.59 Å². The van der Waals surface area contributed by atoms with Gasteiger partial charge < -0.3 is 20.6 Å². The standard InChI is InChI=1S/C22H33ClN2O6/c23-14-6-5-7-15(12-14)24-22(30)18(26)11-10-17-16(19(27)13-20(17)28)8-3-1-2-4-9-21(29)25-31/h5-7,12,16-20,26-28,31H,1-4,8-11,13H2,(H,24,30)(H,25,29)/t16-,17?,18?,19+,20-/m1/s1. The molecule has 2 amide bonds. The molecule has 31 heavy (non-hydrogen) atoms. The number of amides is 2. The Labute approximate surface area is 187 Å². The number of halogens is 1. The molecular formula is C22H33ClN2O6. The third kappa shape index (κ3) is 8.38. The van der Waals surface area contributed by atoms with Gasteiger partial charge in [-0.05, 0) is 62.1 Å². The minimum atomic E-state index is -1.22. The second-order valence-electron chi connectivity index (χ2n) is 8.28. The fraction of sp³-hybridized carbons (Fsp3) is 0.636. The maximum atomic E-state index is 12.2. The van der Waals surface area contributed by atoms with E-state index in [0.29, 0.717) is 30.0 Å². The lowest BCUT2D eigenvalue weighted by Gasteiger charge is -2.24. The highest BCUT2D eigenvalue weighted by molar-refractivity contribution is 6.30. The van der Waals surface area contributed by atoms with Gasteiger partial charge >= 0.3 is 0 Å². The minimum Gasteiger partial charge on any atom is -0.393 e. The van der Waals surface area contributed by atoms with Gasteiger partial charge in [0.2, 0.25) is 5.91 Å². The van der Waals surface area contributed by atoms with E-state index in [4.69, 9.17) is 16.8 Å². The van der Waals surface area contributed by atoms with E-state index in [9.17, 15) is 24.9 Å². The van der Waals surface area contributed by atoms with Crippen LogP contribution in [0.1, 0.15) is 57.8 Å². The van der Waals surface area contributed by atoms with Crippen LogP contribution in [0.25, 0.3) is 0 Å². The maximum absolute atomic E-state index is 12.2. The van der Waals surface area contributed by atoms with Crippen molar-refractivity contribution in [3.63, 3.8) is 0 Å². The van der Waals surface area contributed by atoms with E-state index in [1.54, 1.807) is 29.7 Å². The molecule has 6 N–H and O–H groups in total. The van der Waals surface area contributed by atoms with Gasteiger partial charge in [0.05, 0.1) is 12.2 Å². The number of hydroxylamine groups is 1. The monoisotopic (exact) mass is 456 g/mol. The summed E-state index contributed by atoms with van der Waals surface area (Å²) in [5.41, 5.74) is 2.11. The van der Waals surface area contributed by atoms with E-state index in [-0.39, 0.29) is 24.7 Å². The summed E-state index contributed by atoms with van der Waals surface area (Å²) in [6, 6.07) is 6.66. The molecule has 0 saturated heterocycles. The van der Waals surface area contributed by atoms with Crippen molar-refractivity contribution in [3.8, 4) is 0 Å². The van der Waals surface area contributed by atoms with E-state index < -0.39 is 30.1 Å². The maximum Gasteiger partial charge on any atom is 0.253 e. The van der Waals surface area contributed by atoms with Crippen molar-refractivity contribution in [2.24, 2.45) is 11.8 Å². The third-order valence-corrected chi connectivity index (χ3v) is 6.24. The van der Waals surface area contributed by atoms with Crippen LogP contribution in [0.3, 0.4) is 0 Å². The van der Waals surface area contributed by atoms with Gasteiger partial charge in [0.1, 0.15) is 6.10 Å². The number of nitrogens with one attached hydrogen (secondary N) is 2. The van der Waals surface area contributed by atoms with Crippen molar-refractivity contribution in [2.45, 2.75) is 76.1 Å². The summed E-state index contributed by atoms with van der Waals surface area (Å²) in [5.74, 6) is -1.19. The molecule has 1 aromatic rings. The van der Waals surface area contributed by atoms with Crippen molar-refractivity contribution in [1.29, 1.82) is 0 Å². The van der Waals surface area contributed by atoms with Gasteiger partial charge in [-0.25, -0.2) is 5.48 Å². The molecule has 0 aliphatic heterocycles. The molecule has 1 aromatic carbocycles. The smallest absolute Gasteiger partial charge is 0.253 e. The summed E-state index contributed by atoms with van der Waals surface area (Å²) in [4.78, 5) is 23.2. The van der Waals surface area contributed by atoms with Crippen LogP contribution in [0.2, 0.25) is 5.02 Å². The van der Waals surface area contributed by atoms with Gasteiger partial charge in [-0.2, -0.15) is 0 Å². The summed E-state index contributed by atoms with van der Waals surface area (Å²) < 4.78 is 0. The molecule has 2 unspecified atom stereocenters. The zero-order valence-electron chi connectivity index (χ0n) is 17.5. The lowest BCUT2D eigenvalue weighted by molar-refractivity contribution is -0.129. The Kier molecular flexibility index (Phi) is 10.7. The summed E-state index contributed by atoms with van der Waals surface area (Å²) in [6.07, 6.45) is 2.72. The Morgan fingerprint density at radius 2 is 1.74 bits per heavy atom. The second kappa shape index (κ2) is 13.0. The fourth-order valence-electron chi connectivity index (χ4n) is 4.33. The molecule has 1 fully saturated rings. The van der Waals surface area contributed by atoms with Crippen LogP contribution in [0.15, 0.2) is 24.3 Å². The SMILES string of the molecule is O=C(CCCCCC[C@@H]1C(CCC(O)C(=O)Nc2cccc(Cl)c2)[C@H](O)C[C@@H]1O)NO. The molecule has 0 heterocycles. The highest BCUT2D eigenvalue weighted by atomic mass is 35.5. The molecule has 5 atom stereocenters. The zero-order valence-corrected chi connectivity index (χ0v) is 18.3. The first kappa shape index (κ1) is 25.5. The van der Waals surface area contributed by atoms with E-state index in [2.05, 4.69) is 5.32 Å². The molecular weight excluding hydrogens is 424 g/mol. The number of hydrogen-bond acceptors (Lipinski definition) is 6. The van der Waals surface area contributed by atoms with Gasteiger partial charge in [-0.3, -0.25) is 14.8 Å². The quantitative estimate of drug-likeness (QED) is 0.162. The number of hydrogen-bond donors (Lipinski definition) is 6. The fourth-order valence-corrected chi connectivity index (χ4v) is 4.52. The predicted molar refractivity (Wildman–Crippen MR) is 117 cm³/mol. The molecule has 0 aromatic heterocycles. The molecule has 9 heteroatoms. The first-order valence-corrected chi connectivity index (χ1v) is 11.2. The molecule has 0 radical (unpaired) electrons. The first-order chi connectivity index (χ1) is 14.8. The van der Waals surface area contributed by atoms with Gasteiger partial charge in [0, 0.05) is 17.1 Å². The molecule has 0 spiro atoms. The lowest BCUT2D eigenvalue weighted by atomic mass is 9.85. The zero-order chi connectivity index (χ0) is 22.8. The molecule has 8 nitrogen and oxygen atoms in total. The number of aliphatic hydroxyl groups is 3. The van der Waals surface area contributed by atoms with Crippen LogP contribution >= 0.6 is 11.6 Å². The number of rotatable bonds is 12. The average Bonchev–Trinajstić information content (AvgIpc) is 3.00. The Balaban J connectivity index is 1.76. The highest BCUT2D eigenvalue weighted by Gasteiger charge is 2.41. The van der Waals surface area contributed by atoms with Crippen LogP contribution in [-0.4, -0.2) is 50.7 Å². The summed E-state index contributed by atoms with van der Waals surface area (Å²) >= 11 is 5.90. The average molecular weight is 457 g/mol. The van der Waals surface area contributed by atoms with Crippen LogP contribution in [0.5, 0.6) is 0 Å². The van der Waals surface area contributed by atoms with E-state index in [1.807, 2.05) is 0 Å². The van der Waals surface area contributed by atoms with Gasteiger partial charge in [0.15, 0.2) is 0 Å². The van der Waals surface area contributed by atoms with Crippen molar-refractivity contribution in [3.05, 3.63) is 29.3 Å². The van der Waals surface area contributed by atoms with E-state index >= 15 is 0 Å². The summed E-state index contributed by atoms with van der Waals surface area (Å²) in [6.45, 7) is 0. The number of aliphatic hydroxyl groups excluding tert-OH is 3. The number of carbonyl (C=O) groups is 2. The lowest BCUT2D eigenvalue weighted by Crippen LogP contribution is -2.30. The Bertz CT molecular complexity index is 719. The van der Waals surface area contributed by atoms with E-state index in [1.165, 1.54) is 0 Å². The topological polar surface area (TPSA) is 139 Å². The van der Waals surface area contributed by atoms with Crippen molar-refractivity contribution in [2.75, 3.05) is 5.32 Å². The Morgan fingerprint density at radius 1 is 1.06 bits per heavy atom. The number of anilines is 1. The summed E-state index contributed by atoms with van der Waals surface area (Å²) in [7, 11) is 0. The molecule has 1 saturated carbocycles. The largest absolute Gasteiger partial charge is 0.393 e. The van der Waals surface area contributed by atoms with Crippen LogP contribution in [0, 0.1) is 11.8 Å². The normalized spacial score (nSPS) is 24.0. The van der Waals surface area contributed by atoms with E-state index in [0.717, 1.165) is 25.7 Å². The van der Waals surface area contributed by atoms with Gasteiger partial charge in [-0.15, -0.1) is 0 Å². The molecule has 2 rings (SSSR count). The predicted octanol–water partition coefficient (Wildman–Crippen LogP) is 2.62. The van der Waals surface area contributed by atoms with Crippen molar-refractivity contribution < 1.29 is 30.1 Å². The molecule has 1 aliphatic carbocycles. The Hall–Kier alpha value is -1.71. The first-order valence-electron chi connectivity index (χ1n) is 10.9. The minimum absolute atomic E-state index is 0.0843. The van der Waals surface area contributed by atoms with Crippen LogP contribution in [0.4, 0.5) is 5.69 Å². The third-order valence-electron chi connectivity index (χ3n) is 6.01. The molecule has 0 bridgehead atoms. The number of benzene rings is 1. The number of carbonyl (C=O) groups excluding carboxylic acids is 2. The molecule has 1 aliphatic rings. The second-order valence-corrected chi connectivity index (χ2v) is 8.72. The van der Waals surface area contributed by atoms with Crippen molar-refractivity contribution in [1.82, 2.24) is 5.48 Å².